The molecule has 1 aromatic carbocycles. The van der Waals surface area contributed by atoms with Crippen LogP contribution in [0.15, 0.2) is 24.3 Å². The first-order chi connectivity index (χ1) is 8.74. The van der Waals surface area contributed by atoms with Crippen LogP contribution < -0.4 is 15.4 Å². The molecule has 0 bridgehead atoms. The van der Waals surface area contributed by atoms with Crippen molar-refractivity contribution in [1.82, 2.24) is 10.6 Å². The van der Waals surface area contributed by atoms with E-state index in [9.17, 15) is 4.79 Å². The first-order valence-corrected chi connectivity index (χ1v) is 6.50. The lowest BCUT2D eigenvalue weighted by Crippen LogP contribution is -2.44. The van der Waals surface area contributed by atoms with Gasteiger partial charge in [0.2, 0.25) is 0 Å². The van der Waals surface area contributed by atoms with Crippen molar-refractivity contribution in [3.63, 3.8) is 0 Å². The summed E-state index contributed by atoms with van der Waals surface area (Å²) in [6, 6.07) is 7.30. The van der Waals surface area contributed by atoms with Crippen LogP contribution >= 0.6 is 24.0 Å². The number of piperidine rings is 1. The molecule has 0 atom stereocenters. The molecule has 1 fully saturated rings. The van der Waals surface area contributed by atoms with Crippen LogP contribution in [0.3, 0.4) is 0 Å². The number of nitrogens with one attached hydrogen (secondary N) is 2. The molecule has 1 aromatic rings. The Labute approximate surface area is 124 Å². The maximum atomic E-state index is 11.7. The summed E-state index contributed by atoms with van der Waals surface area (Å²) in [5, 5.41) is 6.82. The molecular formula is C13H18Cl2N2O2. The van der Waals surface area contributed by atoms with E-state index < -0.39 is 0 Å². The molecule has 0 radical (unpaired) electrons. The van der Waals surface area contributed by atoms with Crippen LogP contribution in [0.5, 0.6) is 5.75 Å². The Morgan fingerprint density at radius 2 is 2.16 bits per heavy atom. The Hall–Kier alpha value is -0.970. The fraction of sp³-hybridized carbons (Fsp3) is 0.462. The molecule has 1 amide bonds. The zero-order chi connectivity index (χ0) is 12.8. The van der Waals surface area contributed by atoms with E-state index in [0.29, 0.717) is 10.8 Å². The highest BCUT2D eigenvalue weighted by atomic mass is 35.5. The van der Waals surface area contributed by atoms with E-state index in [2.05, 4.69) is 10.6 Å². The molecule has 4 nitrogen and oxygen atoms in total. The molecule has 1 aliphatic rings. The topological polar surface area (TPSA) is 50.4 Å². The van der Waals surface area contributed by atoms with Crippen molar-refractivity contribution in [3.05, 3.63) is 29.3 Å². The van der Waals surface area contributed by atoms with E-state index >= 15 is 0 Å². The van der Waals surface area contributed by atoms with E-state index in [1.165, 1.54) is 0 Å². The monoisotopic (exact) mass is 304 g/mol. The molecule has 6 heteroatoms. The summed E-state index contributed by atoms with van der Waals surface area (Å²) < 4.78 is 5.38. The third-order valence-electron chi connectivity index (χ3n) is 2.87. The Bertz CT molecular complexity index is 409. The Kier molecular flexibility index (Phi) is 6.99. The predicted octanol–water partition coefficient (Wildman–Crippen LogP) is 2.01. The van der Waals surface area contributed by atoms with E-state index in [1.807, 2.05) is 0 Å². The number of carbonyl (C=O) groups excluding carboxylic acids is 1. The molecule has 106 valence electrons. The average molecular weight is 305 g/mol. The number of rotatable bonds is 4. The van der Waals surface area contributed by atoms with Crippen molar-refractivity contribution in [2.45, 2.75) is 18.9 Å². The van der Waals surface area contributed by atoms with Gasteiger partial charge in [0.25, 0.3) is 5.91 Å². The molecule has 0 unspecified atom stereocenters. The smallest absolute Gasteiger partial charge is 0.258 e. The number of amides is 1. The number of benzene rings is 1. The average Bonchev–Trinajstić information content (AvgIpc) is 2.38. The third-order valence-corrected chi connectivity index (χ3v) is 3.11. The van der Waals surface area contributed by atoms with E-state index in [4.69, 9.17) is 16.3 Å². The lowest BCUT2D eigenvalue weighted by Gasteiger charge is -2.23. The van der Waals surface area contributed by atoms with Gasteiger partial charge in [-0.3, -0.25) is 4.79 Å². The van der Waals surface area contributed by atoms with Gasteiger partial charge in [0, 0.05) is 11.1 Å². The van der Waals surface area contributed by atoms with Crippen LogP contribution in [0.1, 0.15) is 12.8 Å². The SMILES string of the molecule is Cl.O=C(COc1cccc(Cl)c1)NC1CCNCC1. The maximum Gasteiger partial charge on any atom is 0.258 e. The Morgan fingerprint density at radius 1 is 1.42 bits per heavy atom. The molecule has 0 aromatic heterocycles. The van der Waals surface area contributed by atoms with Gasteiger partial charge >= 0.3 is 0 Å². The van der Waals surface area contributed by atoms with Gasteiger partial charge in [0.1, 0.15) is 5.75 Å². The molecule has 1 aliphatic heterocycles. The fourth-order valence-electron chi connectivity index (χ4n) is 1.94. The van der Waals surface area contributed by atoms with Crippen LogP contribution in [0.4, 0.5) is 0 Å². The number of halogens is 2. The Morgan fingerprint density at radius 3 is 2.84 bits per heavy atom. The number of carbonyl (C=O) groups is 1. The second-order valence-electron chi connectivity index (χ2n) is 4.34. The predicted molar refractivity (Wildman–Crippen MR) is 78.2 cm³/mol. The minimum absolute atomic E-state index is 0. The number of ether oxygens (including phenoxy) is 1. The van der Waals surface area contributed by atoms with Crippen LogP contribution in [-0.2, 0) is 4.79 Å². The summed E-state index contributed by atoms with van der Waals surface area (Å²) in [5.74, 6) is 0.532. The zero-order valence-electron chi connectivity index (χ0n) is 10.5. The van der Waals surface area contributed by atoms with Crippen molar-refractivity contribution in [1.29, 1.82) is 0 Å². The Balaban J connectivity index is 0.00000180. The second kappa shape index (κ2) is 8.25. The van der Waals surface area contributed by atoms with Gasteiger partial charge in [0.05, 0.1) is 0 Å². The normalized spacial score (nSPS) is 15.4. The highest BCUT2D eigenvalue weighted by Gasteiger charge is 2.15. The van der Waals surface area contributed by atoms with E-state index in [1.54, 1.807) is 24.3 Å². The highest BCUT2D eigenvalue weighted by Crippen LogP contribution is 2.16. The molecule has 0 saturated carbocycles. The summed E-state index contributed by atoms with van der Waals surface area (Å²) in [6.45, 7) is 1.95. The van der Waals surface area contributed by atoms with Gasteiger partial charge in [-0.25, -0.2) is 0 Å². The molecule has 0 aliphatic carbocycles. The maximum absolute atomic E-state index is 11.7. The van der Waals surface area contributed by atoms with E-state index in [-0.39, 0.29) is 31.0 Å². The number of hydrogen-bond donors (Lipinski definition) is 2. The molecule has 1 heterocycles. The minimum Gasteiger partial charge on any atom is -0.484 e. The lowest BCUT2D eigenvalue weighted by molar-refractivity contribution is -0.123. The van der Waals surface area contributed by atoms with Crippen LogP contribution in [0.25, 0.3) is 0 Å². The molecule has 1 saturated heterocycles. The van der Waals surface area contributed by atoms with Crippen LogP contribution in [0.2, 0.25) is 5.02 Å². The van der Waals surface area contributed by atoms with Gasteiger partial charge < -0.3 is 15.4 Å². The molecular weight excluding hydrogens is 287 g/mol. The van der Waals surface area contributed by atoms with Crippen molar-refractivity contribution in [2.24, 2.45) is 0 Å². The van der Waals surface area contributed by atoms with Crippen molar-refractivity contribution < 1.29 is 9.53 Å². The highest BCUT2D eigenvalue weighted by molar-refractivity contribution is 6.30. The first kappa shape index (κ1) is 16.1. The zero-order valence-corrected chi connectivity index (χ0v) is 12.1. The van der Waals surface area contributed by atoms with E-state index in [0.717, 1.165) is 25.9 Å². The van der Waals surface area contributed by atoms with Gasteiger partial charge in [0.15, 0.2) is 6.61 Å². The third kappa shape index (κ3) is 5.68. The molecule has 0 spiro atoms. The van der Waals surface area contributed by atoms with Gasteiger partial charge in [-0.1, -0.05) is 17.7 Å². The second-order valence-corrected chi connectivity index (χ2v) is 4.77. The van der Waals surface area contributed by atoms with Crippen molar-refractivity contribution in [3.8, 4) is 5.75 Å². The summed E-state index contributed by atoms with van der Waals surface area (Å²) >= 11 is 5.83. The van der Waals surface area contributed by atoms with Crippen LogP contribution in [0, 0.1) is 0 Å². The fourth-order valence-corrected chi connectivity index (χ4v) is 2.12. The van der Waals surface area contributed by atoms with Crippen molar-refractivity contribution >= 4 is 29.9 Å². The van der Waals surface area contributed by atoms with Gasteiger partial charge in [-0.15, -0.1) is 12.4 Å². The molecule has 2 rings (SSSR count). The number of hydrogen-bond acceptors (Lipinski definition) is 3. The lowest BCUT2D eigenvalue weighted by atomic mass is 10.1. The summed E-state index contributed by atoms with van der Waals surface area (Å²) in [4.78, 5) is 11.7. The van der Waals surface area contributed by atoms with Gasteiger partial charge in [-0.05, 0) is 44.1 Å². The molecule has 2 N–H and O–H groups in total. The summed E-state index contributed by atoms with van der Waals surface area (Å²) in [6.07, 6.45) is 1.95. The molecule has 19 heavy (non-hydrogen) atoms. The first-order valence-electron chi connectivity index (χ1n) is 6.12. The summed E-state index contributed by atoms with van der Waals surface area (Å²) in [5.41, 5.74) is 0. The standard InChI is InChI=1S/C13H17ClN2O2.ClH/c14-10-2-1-3-12(8-10)18-9-13(17)16-11-4-6-15-7-5-11;/h1-3,8,11,15H,4-7,9H2,(H,16,17);1H. The quantitative estimate of drug-likeness (QED) is 0.894. The van der Waals surface area contributed by atoms with Gasteiger partial charge in [-0.2, -0.15) is 0 Å². The largest absolute Gasteiger partial charge is 0.484 e. The van der Waals surface area contributed by atoms with Crippen LogP contribution in [-0.4, -0.2) is 31.6 Å². The minimum atomic E-state index is -0.0816. The summed E-state index contributed by atoms with van der Waals surface area (Å²) in [7, 11) is 0. The van der Waals surface area contributed by atoms with Crippen molar-refractivity contribution in [2.75, 3.05) is 19.7 Å².